The summed E-state index contributed by atoms with van der Waals surface area (Å²) >= 11 is 6.96. The summed E-state index contributed by atoms with van der Waals surface area (Å²) in [4.78, 5) is 10.6. The molecule has 1 nitrogen and oxygen atoms in total. The fourth-order valence-electron chi connectivity index (χ4n) is 1.46. The largest absolute Gasteiger partial charge is 0.298 e. The van der Waals surface area contributed by atoms with Crippen molar-refractivity contribution in [2.75, 3.05) is 0 Å². The smallest absolute Gasteiger partial charge is 0.150 e. The Bertz CT molecular complexity index is 518. The lowest BCUT2D eigenvalue weighted by Crippen LogP contribution is -1.83. The van der Waals surface area contributed by atoms with Gasteiger partial charge in [-0.2, -0.15) is 0 Å². The molecule has 0 radical (unpaired) electrons. The Labute approximate surface area is 111 Å². The van der Waals surface area contributed by atoms with Crippen LogP contribution in [0.25, 0.3) is 11.1 Å². The van der Waals surface area contributed by atoms with Crippen LogP contribution in [0.2, 0.25) is 0 Å². The third kappa shape index (κ3) is 2.42. The Morgan fingerprint density at radius 2 is 1.62 bits per heavy atom. The zero-order chi connectivity index (χ0) is 11.5. The van der Waals surface area contributed by atoms with Crippen molar-refractivity contribution in [2.45, 2.75) is 0 Å². The summed E-state index contributed by atoms with van der Waals surface area (Å²) in [6, 6.07) is 13.5. The van der Waals surface area contributed by atoms with E-state index in [4.69, 9.17) is 0 Å². The highest BCUT2D eigenvalue weighted by atomic mass is 79.9. The predicted molar refractivity (Wildman–Crippen MR) is 72.7 cm³/mol. The minimum atomic E-state index is 0.690. The molecule has 0 unspecified atom stereocenters. The van der Waals surface area contributed by atoms with Gasteiger partial charge in [0, 0.05) is 14.5 Å². The van der Waals surface area contributed by atoms with Crippen molar-refractivity contribution in [3.05, 3.63) is 57.0 Å². The number of benzene rings is 2. The molecule has 0 N–H and O–H groups in total. The van der Waals surface area contributed by atoms with Crippen molar-refractivity contribution in [1.82, 2.24) is 0 Å². The molecule has 0 saturated carbocycles. The van der Waals surface area contributed by atoms with Gasteiger partial charge < -0.3 is 0 Å². The van der Waals surface area contributed by atoms with Gasteiger partial charge in [-0.05, 0) is 29.3 Å². The number of carbonyl (C=O) groups is 1. The highest BCUT2D eigenvalue weighted by molar-refractivity contribution is 9.11. The van der Waals surface area contributed by atoms with Gasteiger partial charge in [0.05, 0.1) is 0 Å². The number of rotatable bonds is 2. The average Bonchev–Trinajstić information content (AvgIpc) is 2.32. The molecule has 0 aliphatic rings. The van der Waals surface area contributed by atoms with E-state index in [0.717, 1.165) is 26.4 Å². The van der Waals surface area contributed by atoms with E-state index in [0.29, 0.717) is 5.56 Å². The van der Waals surface area contributed by atoms with Crippen LogP contribution in [-0.4, -0.2) is 6.29 Å². The molecule has 80 valence electrons. The van der Waals surface area contributed by atoms with Crippen molar-refractivity contribution >= 4 is 38.1 Å². The topological polar surface area (TPSA) is 17.1 Å². The lowest BCUT2D eigenvalue weighted by molar-refractivity contribution is 0.112. The number of carbonyl (C=O) groups excluding carboxylic acids is 1. The van der Waals surface area contributed by atoms with Crippen molar-refractivity contribution in [1.29, 1.82) is 0 Å². The molecular formula is C13H8Br2O. The Morgan fingerprint density at radius 3 is 2.25 bits per heavy atom. The van der Waals surface area contributed by atoms with Crippen LogP contribution in [0.3, 0.4) is 0 Å². The molecule has 0 fully saturated rings. The quantitative estimate of drug-likeness (QED) is 0.725. The fraction of sp³-hybridized carbons (Fsp3) is 0. The van der Waals surface area contributed by atoms with Crippen molar-refractivity contribution in [2.24, 2.45) is 0 Å². The first-order chi connectivity index (χ1) is 7.70. The van der Waals surface area contributed by atoms with Gasteiger partial charge in [0.1, 0.15) is 6.29 Å². The first kappa shape index (κ1) is 11.6. The molecule has 2 aromatic rings. The first-order valence-corrected chi connectivity index (χ1v) is 6.30. The summed E-state index contributed by atoms with van der Waals surface area (Å²) in [7, 11) is 0. The van der Waals surface area contributed by atoms with Crippen LogP contribution in [0.1, 0.15) is 10.4 Å². The summed E-state index contributed by atoms with van der Waals surface area (Å²) < 4.78 is 2.07. The summed E-state index contributed by atoms with van der Waals surface area (Å²) in [6.07, 6.45) is 0.847. The van der Waals surface area contributed by atoms with Crippen LogP contribution in [-0.2, 0) is 0 Å². The number of halogens is 2. The minimum Gasteiger partial charge on any atom is -0.298 e. The van der Waals surface area contributed by atoms with Crippen molar-refractivity contribution < 1.29 is 4.79 Å². The van der Waals surface area contributed by atoms with Crippen molar-refractivity contribution in [3.63, 3.8) is 0 Å². The Morgan fingerprint density at radius 1 is 0.938 bits per heavy atom. The molecule has 0 amide bonds. The maximum Gasteiger partial charge on any atom is 0.150 e. The highest BCUT2D eigenvalue weighted by Gasteiger charge is 2.03. The molecule has 0 atom stereocenters. The standard InChI is InChI=1S/C13H8Br2O/c14-11-5-6-13(15)12(7-11)10-3-1-9(8-16)2-4-10/h1-8H. The first-order valence-electron chi connectivity index (χ1n) is 4.71. The Balaban J connectivity index is 2.49. The maximum atomic E-state index is 10.6. The Hall–Kier alpha value is -0.930. The molecule has 0 spiro atoms. The molecule has 0 saturated heterocycles. The van der Waals surface area contributed by atoms with E-state index in [2.05, 4.69) is 31.9 Å². The van der Waals surface area contributed by atoms with Crippen LogP contribution in [0, 0.1) is 0 Å². The lowest BCUT2D eigenvalue weighted by Gasteiger charge is -2.05. The van der Waals surface area contributed by atoms with Crippen LogP contribution in [0.5, 0.6) is 0 Å². The summed E-state index contributed by atoms with van der Waals surface area (Å²) in [6.45, 7) is 0. The average molecular weight is 340 g/mol. The monoisotopic (exact) mass is 338 g/mol. The molecular weight excluding hydrogens is 332 g/mol. The van der Waals surface area contributed by atoms with Gasteiger partial charge in [0.15, 0.2) is 0 Å². The fourth-order valence-corrected chi connectivity index (χ4v) is 2.30. The normalized spacial score (nSPS) is 10.1. The summed E-state index contributed by atoms with van der Waals surface area (Å²) in [5, 5.41) is 0. The predicted octanol–water partition coefficient (Wildman–Crippen LogP) is 4.69. The minimum absolute atomic E-state index is 0.690. The van der Waals surface area contributed by atoms with E-state index in [1.165, 1.54) is 0 Å². The molecule has 0 aliphatic heterocycles. The maximum absolute atomic E-state index is 10.6. The van der Waals surface area contributed by atoms with Gasteiger partial charge in [-0.3, -0.25) is 4.79 Å². The highest BCUT2D eigenvalue weighted by Crippen LogP contribution is 2.30. The van der Waals surface area contributed by atoms with Gasteiger partial charge in [-0.1, -0.05) is 56.1 Å². The van der Waals surface area contributed by atoms with Crippen LogP contribution in [0.15, 0.2) is 51.4 Å². The number of aldehydes is 1. The van der Waals surface area contributed by atoms with Crippen LogP contribution < -0.4 is 0 Å². The molecule has 2 aromatic carbocycles. The third-order valence-corrected chi connectivity index (χ3v) is 3.47. The van der Waals surface area contributed by atoms with Gasteiger partial charge in [0.2, 0.25) is 0 Å². The van der Waals surface area contributed by atoms with Crippen LogP contribution >= 0.6 is 31.9 Å². The zero-order valence-electron chi connectivity index (χ0n) is 8.28. The van der Waals surface area contributed by atoms with Gasteiger partial charge >= 0.3 is 0 Å². The van der Waals surface area contributed by atoms with E-state index >= 15 is 0 Å². The Kier molecular flexibility index (Phi) is 3.56. The van der Waals surface area contributed by atoms with Gasteiger partial charge in [0.25, 0.3) is 0 Å². The second-order valence-corrected chi connectivity index (χ2v) is 5.13. The zero-order valence-corrected chi connectivity index (χ0v) is 11.5. The van der Waals surface area contributed by atoms with Crippen molar-refractivity contribution in [3.8, 4) is 11.1 Å². The lowest BCUT2D eigenvalue weighted by atomic mass is 10.0. The molecule has 0 aliphatic carbocycles. The molecule has 2 rings (SSSR count). The summed E-state index contributed by atoms with van der Waals surface area (Å²) in [5.41, 5.74) is 2.88. The molecule has 0 aromatic heterocycles. The van der Waals surface area contributed by atoms with E-state index in [9.17, 15) is 4.79 Å². The van der Waals surface area contributed by atoms with E-state index < -0.39 is 0 Å². The van der Waals surface area contributed by atoms with Gasteiger partial charge in [-0.25, -0.2) is 0 Å². The van der Waals surface area contributed by atoms with E-state index in [1.807, 2.05) is 42.5 Å². The molecule has 3 heteroatoms. The SMILES string of the molecule is O=Cc1ccc(-c2cc(Br)ccc2Br)cc1. The number of hydrogen-bond acceptors (Lipinski definition) is 1. The third-order valence-electron chi connectivity index (χ3n) is 2.29. The molecule has 16 heavy (non-hydrogen) atoms. The second-order valence-electron chi connectivity index (χ2n) is 3.36. The molecule has 0 bridgehead atoms. The van der Waals surface area contributed by atoms with Crippen LogP contribution in [0.4, 0.5) is 0 Å². The molecule has 0 heterocycles. The second kappa shape index (κ2) is 4.93. The van der Waals surface area contributed by atoms with Gasteiger partial charge in [-0.15, -0.1) is 0 Å². The summed E-state index contributed by atoms with van der Waals surface area (Å²) in [5.74, 6) is 0. The van der Waals surface area contributed by atoms with E-state index in [1.54, 1.807) is 0 Å². The van der Waals surface area contributed by atoms with E-state index in [-0.39, 0.29) is 0 Å². The number of hydrogen-bond donors (Lipinski definition) is 0.